The van der Waals surface area contributed by atoms with Crippen LogP contribution in [0.5, 0.6) is 11.5 Å². The number of nitrogens with one attached hydrogen (secondary N) is 1. The second-order valence-electron chi connectivity index (χ2n) is 6.59. The molecule has 4 amide bonds. The fourth-order valence-electron chi connectivity index (χ4n) is 3.14. The van der Waals surface area contributed by atoms with E-state index in [1.54, 1.807) is 12.1 Å². The van der Waals surface area contributed by atoms with Crippen LogP contribution >= 0.6 is 0 Å². The second-order valence-corrected chi connectivity index (χ2v) is 6.59. The summed E-state index contributed by atoms with van der Waals surface area (Å²) < 4.78 is 24.1. The Morgan fingerprint density at radius 2 is 1.94 bits per heavy atom. The smallest absolute Gasteiger partial charge is 0.335 e. The van der Waals surface area contributed by atoms with Crippen molar-refractivity contribution in [1.29, 1.82) is 5.26 Å². The Morgan fingerprint density at radius 1 is 1.22 bits per heavy atom. The second kappa shape index (κ2) is 9.57. The molecule has 0 aromatic heterocycles. The zero-order chi connectivity index (χ0) is 23.3. The number of ether oxygens (including phenoxy) is 2. The molecule has 1 aliphatic heterocycles. The number of benzene rings is 2. The summed E-state index contributed by atoms with van der Waals surface area (Å²) >= 11 is 0. The minimum Gasteiger partial charge on any atom is -0.493 e. The number of amides is 4. The van der Waals surface area contributed by atoms with E-state index < -0.39 is 23.7 Å². The molecule has 0 unspecified atom stereocenters. The van der Waals surface area contributed by atoms with Crippen molar-refractivity contribution in [3.8, 4) is 17.6 Å². The SMILES string of the molecule is C=CCc1cc(/C=C2\C(=O)NC(=O)N(c3ccc(F)cc3)C2=O)cc(OC)c1OCC#N. The zero-order valence-corrected chi connectivity index (χ0v) is 17.1. The van der Waals surface area contributed by atoms with Gasteiger partial charge in [-0.3, -0.25) is 14.9 Å². The largest absolute Gasteiger partial charge is 0.493 e. The van der Waals surface area contributed by atoms with E-state index in [0.717, 1.165) is 17.0 Å². The van der Waals surface area contributed by atoms with E-state index >= 15 is 0 Å². The highest BCUT2D eigenvalue weighted by Gasteiger charge is 2.36. The van der Waals surface area contributed by atoms with Gasteiger partial charge in [-0.1, -0.05) is 6.08 Å². The molecule has 0 aliphatic carbocycles. The number of imide groups is 2. The summed E-state index contributed by atoms with van der Waals surface area (Å²) in [4.78, 5) is 38.4. The Labute approximate surface area is 183 Å². The number of hydrogen-bond acceptors (Lipinski definition) is 6. The number of hydrogen-bond donors (Lipinski definition) is 1. The molecule has 2 aromatic rings. The molecule has 1 fully saturated rings. The first-order valence-electron chi connectivity index (χ1n) is 9.38. The highest BCUT2D eigenvalue weighted by atomic mass is 19.1. The third-order valence-corrected chi connectivity index (χ3v) is 4.52. The monoisotopic (exact) mass is 435 g/mol. The fourth-order valence-corrected chi connectivity index (χ4v) is 3.14. The number of allylic oxidation sites excluding steroid dienone is 1. The van der Waals surface area contributed by atoms with Gasteiger partial charge in [0.25, 0.3) is 11.8 Å². The quantitative estimate of drug-likeness (QED) is 0.407. The maximum absolute atomic E-state index is 13.2. The molecule has 1 N–H and O–H groups in total. The molecule has 9 heteroatoms. The Kier molecular flexibility index (Phi) is 6.65. The van der Waals surface area contributed by atoms with Gasteiger partial charge in [0.2, 0.25) is 0 Å². The molecule has 162 valence electrons. The summed E-state index contributed by atoms with van der Waals surface area (Å²) in [5, 5.41) is 10.9. The van der Waals surface area contributed by atoms with Gasteiger partial charge in [-0.2, -0.15) is 5.26 Å². The summed E-state index contributed by atoms with van der Waals surface area (Å²) in [6.45, 7) is 3.50. The van der Waals surface area contributed by atoms with Crippen LogP contribution in [0.15, 0.2) is 54.6 Å². The minimum absolute atomic E-state index is 0.109. The molecule has 3 rings (SSSR count). The number of barbiturate groups is 1. The van der Waals surface area contributed by atoms with Crippen molar-refractivity contribution in [2.45, 2.75) is 6.42 Å². The molecule has 0 spiro atoms. The van der Waals surface area contributed by atoms with Gasteiger partial charge >= 0.3 is 6.03 Å². The van der Waals surface area contributed by atoms with E-state index in [2.05, 4.69) is 11.9 Å². The van der Waals surface area contributed by atoms with Gasteiger partial charge < -0.3 is 9.47 Å². The number of anilines is 1. The first-order valence-corrected chi connectivity index (χ1v) is 9.38. The van der Waals surface area contributed by atoms with E-state index in [1.165, 1.54) is 31.4 Å². The Bertz CT molecular complexity index is 1170. The van der Waals surface area contributed by atoms with Crippen LogP contribution in [0.25, 0.3) is 6.08 Å². The number of methoxy groups -OCH3 is 1. The zero-order valence-electron chi connectivity index (χ0n) is 17.1. The van der Waals surface area contributed by atoms with Crippen LogP contribution in [-0.4, -0.2) is 31.6 Å². The van der Waals surface area contributed by atoms with Crippen LogP contribution in [0.2, 0.25) is 0 Å². The normalized spacial score (nSPS) is 14.7. The summed E-state index contributed by atoms with van der Waals surface area (Å²) in [5.74, 6) is -1.63. The van der Waals surface area contributed by atoms with E-state index in [-0.39, 0.29) is 17.9 Å². The van der Waals surface area contributed by atoms with Crippen molar-refractivity contribution in [1.82, 2.24) is 5.32 Å². The van der Waals surface area contributed by atoms with Crippen LogP contribution in [0.4, 0.5) is 14.9 Å². The maximum Gasteiger partial charge on any atom is 0.335 e. The van der Waals surface area contributed by atoms with Crippen molar-refractivity contribution >= 4 is 29.6 Å². The van der Waals surface area contributed by atoms with E-state index in [9.17, 15) is 18.8 Å². The number of nitriles is 1. The van der Waals surface area contributed by atoms with E-state index in [1.807, 2.05) is 6.07 Å². The molecule has 0 saturated carbocycles. The fraction of sp³-hybridized carbons (Fsp3) is 0.130. The molecular formula is C23H18FN3O5. The first-order chi connectivity index (χ1) is 15.4. The molecule has 32 heavy (non-hydrogen) atoms. The molecule has 1 heterocycles. The molecule has 1 saturated heterocycles. The minimum atomic E-state index is -0.936. The molecule has 0 bridgehead atoms. The van der Waals surface area contributed by atoms with Gasteiger partial charge in [0, 0.05) is 5.56 Å². The molecule has 8 nitrogen and oxygen atoms in total. The number of halogens is 1. The number of carbonyl (C=O) groups excluding carboxylic acids is 3. The van der Waals surface area contributed by atoms with Crippen LogP contribution in [0, 0.1) is 17.1 Å². The van der Waals surface area contributed by atoms with Crippen LogP contribution in [0.3, 0.4) is 0 Å². The van der Waals surface area contributed by atoms with Gasteiger partial charge in [0.05, 0.1) is 12.8 Å². The lowest BCUT2D eigenvalue weighted by atomic mass is 10.0. The maximum atomic E-state index is 13.2. The highest BCUT2D eigenvalue weighted by molar-refractivity contribution is 6.39. The average molecular weight is 435 g/mol. The Hall–Kier alpha value is -4.45. The summed E-state index contributed by atoms with van der Waals surface area (Å²) in [6.07, 6.45) is 3.30. The topological polar surface area (TPSA) is 109 Å². The molecular weight excluding hydrogens is 417 g/mol. The number of rotatable bonds is 7. The van der Waals surface area contributed by atoms with Crippen molar-refractivity contribution in [2.24, 2.45) is 0 Å². The predicted molar refractivity (Wildman–Crippen MR) is 113 cm³/mol. The highest BCUT2D eigenvalue weighted by Crippen LogP contribution is 2.34. The van der Waals surface area contributed by atoms with Crippen LogP contribution < -0.4 is 19.7 Å². The Balaban J connectivity index is 2.06. The van der Waals surface area contributed by atoms with Crippen molar-refractivity contribution in [3.63, 3.8) is 0 Å². The molecule has 0 atom stereocenters. The van der Waals surface area contributed by atoms with Gasteiger partial charge in [-0.25, -0.2) is 14.1 Å². The summed E-state index contributed by atoms with van der Waals surface area (Å²) in [6, 6.07) is 8.85. The van der Waals surface area contributed by atoms with E-state index in [4.69, 9.17) is 14.7 Å². The third kappa shape index (κ3) is 4.49. The van der Waals surface area contributed by atoms with Gasteiger partial charge in [0.1, 0.15) is 17.5 Å². The van der Waals surface area contributed by atoms with Crippen molar-refractivity contribution in [2.75, 3.05) is 18.6 Å². The molecule has 1 aliphatic rings. The lowest BCUT2D eigenvalue weighted by molar-refractivity contribution is -0.122. The number of carbonyl (C=O) groups is 3. The standard InChI is InChI=1S/C23H18FN3O5/c1-3-4-15-11-14(13-19(31-2)20(15)32-10-9-25)12-18-21(28)26-23(30)27(22(18)29)17-7-5-16(24)6-8-17/h3,5-8,11-13H,1,4,10H2,2H3,(H,26,28,30)/b18-12+. The Morgan fingerprint density at radius 3 is 2.56 bits per heavy atom. The predicted octanol–water partition coefficient (Wildman–Crippen LogP) is 3.13. The van der Waals surface area contributed by atoms with Gasteiger partial charge in [0.15, 0.2) is 18.1 Å². The summed E-state index contributed by atoms with van der Waals surface area (Å²) in [5.41, 5.74) is 0.857. The molecule has 0 radical (unpaired) electrons. The van der Waals surface area contributed by atoms with Gasteiger partial charge in [-0.15, -0.1) is 6.58 Å². The van der Waals surface area contributed by atoms with Crippen LogP contribution in [-0.2, 0) is 16.0 Å². The first kappa shape index (κ1) is 22.2. The number of nitrogens with zero attached hydrogens (tertiary/aromatic N) is 2. The van der Waals surface area contributed by atoms with Gasteiger partial charge in [-0.05, 0) is 54.5 Å². The van der Waals surface area contributed by atoms with Crippen molar-refractivity contribution in [3.05, 3.63) is 71.6 Å². The van der Waals surface area contributed by atoms with Crippen LogP contribution in [0.1, 0.15) is 11.1 Å². The number of urea groups is 1. The molecule has 2 aromatic carbocycles. The average Bonchev–Trinajstić information content (AvgIpc) is 2.77. The van der Waals surface area contributed by atoms with Crippen molar-refractivity contribution < 1.29 is 28.2 Å². The third-order valence-electron chi connectivity index (χ3n) is 4.52. The summed E-state index contributed by atoms with van der Waals surface area (Å²) in [7, 11) is 1.41. The lowest BCUT2D eigenvalue weighted by Crippen LogP contribution is -2.54. The lowest BCUT2D eigenvalue weighted by Gasteiger charge is -2.26. The van der Waals surface area contributed by atoms with E-state index in [0.29, 0.717) is 29.0 Å².